The molecule has 2 N–H and O–H groups in total. The van der Waals surface area contributed by atoms with E-state index in [1.54, 1.807) is 0 Å². The molecule has 0 aromatic heterocycles. The number of nitrogens with two attached hydrogens (primary N) is 1. The molecule has 0 saturated heterocycles. The summed E-state index contributed by atoms with van der Waals surface area (Å²) in [6.07, 6.45) is 0.766. The summed E-state index contributed by atoms with van der Waals surface area (Å²) in [5.74, 6) is 0.552. The second-order valence-electron chi connectivity index (χ2n) is 4.45. The highest BCUT2D eigenvalue weighted by molar-refractivity contribution is 5.81. The van der Waals surface area contributed by atoms with E-state index in [1.165, 1.54) is 0 Å². The highest BCUT2D eigenvalue weighted by atomic mass is 16.2. The molecule has 0 radical (unpaired) electrons. The van der Waals surface area contributed by atoms with Crippen molar-refractivity contribution in [1.82, 2.24) is 4.90 Å². The fraction of sp³-hybridized carbons (Fsp3) is 0.909. The zero-order valence-electron chi connectivity index (χ0n) is 10.1. The number of carbonyl (C=O) groups excluding carboxylic acids is 1. The average Bonchev–Trinajstić information content (AvgIpc) is 2.03. The fourth-order valence-corrected chi connectivity index (χ4v) is 1.60. The molecule has 0 aliphatic carbocycles. The molecule has 1 atom stereocenters. The molecule has 1 amide bonds. The highest BCUT2D eigenvalue weighted by Crippen LogP contribution is 2.07. The van der Waals surface area contributed by atoms with Gasteiger partial charge >= 0.3 is 0 Å². The van der Waals surface area contributed by atoms with Gasteiger partial charge in [0.15, 0.2) is 0 Å². The van der Waals surface area contributed by atoms with E-state index in [2.05, 4.69) is 13.8 Å². The minimum absolute atomic E-state index is 0.0798. The van der Waals surface area contributed by atoms with Crippen molar-refractivity contribution in [3.05, 3.63) is 0 Å². The molecule has 0 rings (SSSR count). The molecule has 0 aromatic rings. The summed E-state index contributed by atoms with van der Waals surface area (Å²) in [6.45, 7) is 10.9. The molecule has 0 fully saturated rings. The van der Waals surface area contributed by atoms with Gasteiger partial charge in [0.2, 0.25) is 5.91 Å². The van der Waals surface area contributed by atoms with E-state index in [0.29, 0.717) is 5.92 Å². The van der Waals surface area contributed by atoms with Crippen molar-refractivity contribution in [2.45, 2.75) is 53.1 Å². The van der Waals surface area contributed by atoms with Gasteiger partial charge in [-0.15, -0.1) is 0 Å². The van der Waals surface area contributed by atoms with E-state index in [0.717, 1.165) is 13.0 Å². The second-order valence-corrected chi connectivity index (χ2v) is 4.45. The Kier molecular flexibility index (Phi) is 5.77. The first-order valence-electron chi connectivity index (χ1n) is 5.46. The molecule has 0 saturated carbocycles. The predicted molar refractivity (Wildman–Crippen MR) is 60.0 cm³/mol. The van der Waals surface area contributed by atoms with Crippen LogP contribution < -0.4 is 5.73 Å². The number of likely N-dealkylation sites (N-methyl/N-ethyl adjacent to an activating group) is 1. The van der Waals surface area contributed by atoms with Gasteiger partial charge in [0.25, 0.3) is 0 Å². The molecular weight excluding hydrogens is 176 g/mol. The van der Waals surface area contributed by atoms with Crippen molar-refractivity contribution in [3.63, 3.8) is 0 Å². The summed E-state index contributed by atoms with van der Waals surface area (Å²) in [5.41, 5.74) is 5.84. The van der Waals surface area contributed by atoms with E-state index in [1.807, 2.05) is 25.7 Å². The van der Waals surface area contributed by atoms with Crippen molar-refractivity contribution in [3.8, 4) is 0 Å². The quantitative estimate of drug-likeness (QED) is 0.733. The van der Waals surface area contributed by atoms with Crippen molar-refractivity contribution in [1.29, 1.82) is 0 Å². The van der Waals surface area contributed by atoms with Crippen LogP contribution in [0.3, 0.4) is 0 Å². The summed E-state index contributed by atoms with van der Waals surface area (Å²) < 4.78 is 0. The van der Waals surface area contributed by atoms with Gasteiger partial charge in [-0.25, -0.2) is 0 Å². The number of amides is 1. The Bertz CT molecular complexity index is 178. The maximum absolute atomic E-state index is 11.9. The standard InChI is InChI=1S/C11H24N2O/c1-6-13(9(4)5)11(14)10(12)7-8(2)3/h8-10H,6-7,12H2,1-5H3. The number of hydrogen-bond acceptors (Lipinski definition) is 2. The van der Waals surface area contributed by atoms with Gasteiger partial charge in [-0.05, 0) is 33.1 Å². The normalized spacial score (nSPS) is 13.4. The first-order chi connectivity index (χ1) is 6.40. The number of hydrogen-bond donors (Lipinski definition) is 1. The summed E-state index contributed by atoms with van der Waals surface area (Å²) >= 11 is 0. The van der Waals surface area contributed by atoms with Crippen LogP contribution in [0, 0.1) is 5.92 Å². The van der Waals surface area contributed by atoms with Crippen LogP contribution in [0.4, 0.5) is 0 Å². The van der Waals surface area contributed by atoms with Gasteiger partial charge in [-0.3, -0.25) is 4.79 Å². The van der Waals surface area contributed by atoms with Gasteiger partial charge < -0.3 is 10.6 Å². The third-order valence-electron chi connectivity index (χ3n) is 2.29. The van der Waals surface area contributed by atoms with Crippen molar-refractivity contribution in [2.75, 3.05) is 6.54 Å². The second kappa shape index (κ2) is 6.02. The number of carbonyl (C=O) groups is 1. The molecular formula is C11H24N2O. The lowest BCUT2D eigenvalue weighted by Gasteiger charge is -2.28. The van der Waals surface area contributed by atoms with Crippen LogP contribution >= 0.6 is 0 Å². The van der Waals surface area contributed by atoms with Gasteiger partial charge in [-0.1, -0.05) is 13.8 Å². The lowest BCUT2D eigenvalue weighted by Crippen LogP contribution is -2.47. The predicted octanol–water partition coefficient (Wildman–Crippen LogP) is 1.62. The molecule has 0 aliphatic heterocycles. The molecule has 0 aromatic carbocycles. The van der Waals surface area contributed by atoms with Crippen molar-refractivity contribution < 1.29 is 4.79 Å². The maximum Gasteiger partial charge on any atom is 0.239 e. The van der Waals surface area contributed by atoms with Crippen LogP contribution in [-0.2, 0) is 4.79 Å². The third-order valence-corrected chi connectivity index (χ3v) is 2.29. The van der Waals surface area contributed by atoms with E-state index < -0.39 is 0 Å². The molecule has 14 heavy (non-hydrogen) atoms. The van der Waals surface area contributed by atoms with E-state index in [9.17, 15) is 4.79 Å². The van der Waals surface area contributed by atoms with Crippen LogP contribution in [0.5, 0.6) is 0 Å². The fourth-order valence-electron chi connectivity index (χ4n) is 1.60. The first-order valence-corrected chi connectivity index (χ1v) is 5.46. The number of rotatable bonds is 5. The SMILES string of the molecule is CCN(C(=O)C(N)CC(C)C)C(C)C. The third kappa shape index (κ3) is 4.09. The lowest BCUT2D eigenvalue weighted by atomic mass is 10.0. The zero-order chi connectivity index (χ0) is 11.3. The Labute approximate surface area is 87.6 Å². The van der Waals surface area contributed by atoms with Crippen molar-refractivity contribution in [2.24, 2.45) is 11.7 Å². The number of nitrogens with zero attached hydrogens (tertiary/aromatic N) is 1. The monoisotopic (exact) mass is 200 g/mol. The minimum atomic E-state index is -0.336. The van der Waals surface area contributed by atoms with Crippen LogP contribution in [0.1, 0.15) is 41.0 Å². The van der Waals surface area contributed by atoms with Gasteiger partial charge in [-0.2, -0.15) is 0 Å². The zero-order valence-corrected chi connectivity index (χ0v) is 10.1. The Morgan fingerprint density at radius 2 is 1.79 bits per heavy atom. The lowest BCUT2D eigenvalue weighted by molar-refractivity contribution is -0.134. The molecule has 0 heterocycles. The summed E-state index contributed by atoms with van der Waals surface area (Å²) in [7, 11) is 0. The highest BCUT2D eigenvalue weighted by Gasteiger charge is 2.22. The van der Waals surface area contributed by atoms with Gasteiger partial charge in [0.1, 0.15) is 0 Å². The maximum atomic E-state index is 11.9. The van der Waals surface area contributed by atoms with Gasteiger partial charge in [0, 0.05) is 12.6 Å². The molecule has 0 bridgehead atoms. The molecule has 84 valence electrons. The molecule has 0 spiro atoms. The van der Waals surface area contributed by atoms with E-state index in [4.69, 9.17) is 5.73 Å². The van der Waals surface area contributed by atoms with Crippen LogP contribution in [0.15, 0.2) is 0 Å². The largest absolute Gasteiger partial charge is 0.339 e. The van der Waals surface area contributed by atoms with Crippen LogP contribution in [0.25, 0.3) is 0 Å². The Morgan fingerprint density at radius 3 is 2.07 bits per heavy atom. The van der Waals surface area contributed by atoms with E-state index in [-0.39, 0.29) is 18.0 Å². The summed E-state index contributed by atoms with van der Waals surface area (Å²) in [6, 6.07) is -0.0944. The topological polar surface area (TPSA) is 46.3 Å². The van der Waals surface area contributed by atoms with Gasteiger partial charge in [0.05, 0.1) is 6.04 Å². The Balaban J connectivity index is 4.27. The average molecular weight is 200 g/mol. The van der Waals surface area contributed by atoms with Crippen LogP contribution in [0.2, 0.25) is 0 Å². The molecule has 3 nitrogen and oxygen atoms in total. The summed E-state index contributed by atoms with van der Waals surface area (Å²) in [5, 5.41) is 0. The van der Waals surface area contributed by atoms with E-state index >= 15 is 0 Å². The van der Waals surface area contributed by atoms with Crippen molar-refractivity contribution >= 4 is 5.91 Å². The molecule has 1 unspecified atom stereocenters. The Morgan fingerprint density at radius 1 is 1.29 bits per heavy atom. The smallest absolute Gasteiger partial charge is 0.239 e. The molecule has 3 heteroatoms. The molecule has 0 aliphatic rings. The minimum Gasteiger partial charge on any atom is -0.339 e. The van der Waals surface area contributed by atoms with Crippen LogP contribution in [-0.4, -0.2) is 29.4 Å². The summed E-state index contributed by atoms with van der Waals surface area (Å²) in [4.78, 5) is 13.7. The Hall–Kier alpha value is -0.570. The first kappa shape index (κ1) is 13.4.